The number of benzene rings is 2. The number of hydrogen-bond acceptors (Lipinski definition) is 6. The lowest BCUT2D eigenvalue weighted by Gasteiger charge is -2.17. The van der Waals surface area contributed by atoms with Gasteiger partial charge in [0.1, 0.15) is 0 Å². The van der Waals surface area contributed by atoms with E-state index >= 15 is 0 Å². The fourth-order valence-corrected chi connectivity index (χ4v) is 2.70. The first-order valence-corrected chi connectivity index (χ1v) is 7.91. The molecule has 2 aromatic carbocycles. The summed E-state index contributed by atoms with van der Waals surface area (Å²) < 4.78 is 10.0. The highest BCUT2D eigenvalue weighted by atomic mass is 35.5. The van der Waals surface area contributed by atoms with Crippen molar-refractivity contribution in [2.75, 3.05) is 7.11 Å². The molecule has 0 fully saturated rings. The summed E-state index contributed by atoms with van der Waals surface area (Å²) in [6.07, 6.45) is -1.37. The number of carbonyl (C=O) groups excluding carboxylic acids is 2. The molecule has 26 heavy (non-hydrogen) atoms. The van der Waals surface area contributed by atoms with Gasteiger partial charge in [-0.2, -0.15) is 5.10 Å². The molecule has 0 bridgehead atoms. The van der Waals surface area contributed by atoms with Gasteiger partial charge in [-0.1, -0.05) is 48.0 Å². The van der Waals surface area contributed by atoms with Crippen LogP contribution in [-0.4, -0.2) is 29.2 Å². The summed E-state index contributed by atoms with van der Waals surface area (Å²) >= 11 is 6.10. The quantitative estimate of drug-likeness (QED) is 0.707. The lowest BCUT2D eigenvalue weighted by atomic mass is 10.1. The fourth-order valence-electron chi connectivity index (χ4n) is 2.47. The molecule has 3 rings (SSSR count). The van der Waals surface area contributed by atoms with Gasteiger partial charge in [0.2, 0.25) is 6.10 Å². The van der Waals surface area contributed by atoms with Crippen LogP contribution in [0.1, 0.15) is 22.2 Å². The van der Waals surface area contributed by atoms with E-state index < -0.39 is 23.6 Å². The van der Waals surface area contributed by atoms with E-state index in [9.17, 15) is 14.4 Å². The zero-order chi connectivity index (χ0) is 18.7. The summed E-state index contributed by atoms with van der Waals surface area (Å²) in [5.41, 5.74) is -0.281. The van der Waals surface area contributed by atoms with Crippen LogP contribution in [0.15, 0.2) is 53.3 Å². The molecule has 1 heterocycles. The second-order valence-electron chi connectivity index (χ2n) is 5.28. The molecular formula is C18H13ClN2O5. The van der Waals surface area contributed by atoms with Crippen LogP contribution in [0.3, 0.4) is 0 Å². The summed E-state index contributed by atoms with van der Waals surface area (Å²) in [7, 11) is 1.17. The van der Waals surface area contributed by atoms with Gasteiger partial charge in [0.05, 0.1) is 12.5 Å². The SMILES string of the molecule is COC(=O)[C@@H](OC(=O)c1n[nH]c(=O)c2ccccc12)c1ccccc1Cl. The highest BCUT2D eigenvalue weighted by molar-refractivity contribution is 6.31. The van der Waals surface area contributed by atoms with Crippen molar-refractivity contribution in [2.24, 2.45) is 0 Å². The van der Waals surface area contributed by atoms with E-state index in [1.54, 1.807) is 48.5 Å². The topological polar surface area (TPSA) is 98.3 Å². The molecular weight excluding hydrogens is 360 g/mol. The molecule has 0 amide bonds. The highest BCUT2D eigenvalue weighted by Gasteiger charge is 2.29. The van der Waals surface area contributed by atoms with E-state index in [4.69, 9.17) is 21.1 Å². The molecule has 7 nitrogen and oxygen atoms in total. The molecule has 0 aliphatic heterocycles. The van der Waals surface area contributed by atoms with Crippen molar-refractivity contribution in [3.05, 3.63) is 75.2 Å². The minimum Gasteiger partial charge on any atom is -0.466 e. The van der Waals surface area contributed by atoms with Crippen LogP contribution >= 0.6 is 11.6 Å². The maximum Gasteiger partial charge on any atom is 0.360 e. The minimum absolute atomic E-state index is 0.124. The Bertz CT molecular complexity index is 1050. The predicted molar refractivity (Wildman–Crippen MR) is 94.0 cm³/mol. The smallest absolute Gasteiger partial charge is 0.360 e. The van der Waals surface area contributed by atoms with Gasteiger partial charge in [-0.25, -0.2) is 14.7 Å². The molecule has 0 unspecified atom stereocenters. The standard InChI is InChI=1S/C18H13ClN2O5/c1-25-18(24)15(12-8-4-5-9-13(12)19)26-17(23)14-10-6-2-3-7-11(10)16(22)21-20-14/h2-9,15H,1H3,(H,21,22)/t15-/m0/s1. The van der Waals surface area contributed by atoms with Crippen LogP contribution in [0.5, 0.6) is 0 Å². The van der Waals surface area contributed by atoms with Crippen molar-refractivity contribution in [2.45, 2.75) is 6.10 Å². The Hall–Kier alpha value is -3.19. The van der Waals surface area contributed by atoms with E-state index in [0.717, 1.165) is 0 Å². The number of ether oxygens (including phenoxy) is 2. The van der Waals surface area contributed by atoms with E-state index in [1.807, 2.05) is 0 Å². The van der Waals surface area contributed by atoms with Gasteiger partial charge in [-0.3, -0.25) is 4.79 Å². The number of carbonyl (C=O) groups is 2. The Labute approximate surface area is 152 Å². The average molecular weight is 373 g/mol. The van der Waals surface area contributed by atoms with Gasteiger partial charge in [0.25, 0.3) is 5.56 Å². The lowest BCUT2D eigenvalue weighted by Crippen LogP contribution is -2.23. The van der Waals surface area contributed by atoms with Crippen LogP contribution in [-0.2, 0) is 14.3 Å². The van der Waals surface area contributed by atoms with Crippen molar-refractivity contribution in [3.63, 3.8) is 0 Å². The Morgan fingerprint density at radius 3 is 2.42 bits per heavy atom. The number of aromatic nitrogens is 2. The van der Waals surface area contributed by atoms with Gasteiger partial charge in [0.15, 0.2) is 5.69 Å². The first kappa shape index (κ1) is 17.6. The number of nitrogens with one attached hydrogen (secondary N) is 1. The second-order valence-corrected chi connectivity index (χ2v) is 5.68. The molecule has 0 saturated heterocycles. The zero-order valence-electron chi connectivity index (χ0n) is 13.6. The van der Waals surface area contributed by atoms with E-state index in [1.165, 1.54) is 7.11 Å². The monoisotopic (exact) mass is 372 g/mol. The summed E-state index contributed by atoms with van der Waals surface area (Å²) in [5.74, 6) is -1.69. The molecule has 1 aromatic heterocycles. The molecule has 0 aliphatic carbocycles. The third kappa shape index (κ3) is 3.29. The Balaban J connectivity index is 2.02. The Kier molecular flexibility index (Phi) is 4.99. The second kappa shape index (κ2) is 7.37. The van der Waals surface area contributed by atoms with E-state index in [0.29, 0.717) is 5.39 Å². The van der Waals surface area contributed by atoms with Gasteiger partial charge in [-0.05, 0) is 12.1 Å². The summed E-state index contributed by atoms with van der Waals surface area (Å²) in [5, 5.41) is 6.84. The highest BCUT2D eigenvalue weighted by Crippen LogP contribution is 2.28. The minimum atomic E-state index is -1.37. The van der Waals surface area contributed by atoms with Crippen LogP contribution in [0.4, 0.5) is 0 Å². The molecule has 1 atom stereocenters. The van der Waals surface area contributed by atoms with Crippen molar-refractivity contribution in [1.82, 2.24) is 10.2 Å². The first-order chi connectivity index (χ1) is 12.5. The number of nitrogens with zero attached hydrogens (tertiary/aromatic N) is 1. The number of aromatic amines is 1. The van der Waals surface area contributed by atoms with Crippen molar-refractivity contribution >= 4 is 34.3 Å². The molecule has 132 valence electrons. The maximum absolute atomic E-state index is 12.6. The summed E-state index contributed by atoms with van der Waals surface area (Å²) in [6.45, 7) is 0. The number of rotatable bonds is 4. The van der Waals surface area contributed by atoms with Gasteiger partial charge < -0.3 is 9.47 Å². The molecule has 8 heteroatoms. The summed E-state index contributed by atoms with van der Waals surface area (Å²) in [4.78, 5) is 36.6. The van der Waals surface area contributed by atoms with Crippen LogP contribution < -0.4 is 5.56 Å². The van der Waals surface area contributed by atoms with E-state index in [-0.39, 0.29) is 21.7 Å². The van der Waals surface area contributed by atoms with Crippen LogP contribution in [0.2, 0.25) is 5.02 Å². The molecule has 0 radical (unpaired) electrons. The largest absolute Gasteiger partial charge is 0.466 e. The molecule has 0 spiro atoms. The van der Waals surface area contributed by atoms with Crippen molar-refractivity contribution in [1.29, 1.82) is 0 Å². The Morgan fingerprint density at radius 2 is 1.73 bits per heavy atom. The number of H-pyrrole nitrogens is 1. The Morgan fingerprint density at radius 1 is 1.08 bits per heavy atom. The van der Waals surface area contributed by atoms with Crippen molar-refractivity contribution < 1.29 is 19.1 Å². The predicted octanol–water partition coefficient (Wildman–Crippen LogP) is 2.65. The van der Waals surface area contributed by atoms with Crippen LogP contribution in [0, 0.1) is 0 Å². The van der Waals surface area contributed by atoms with Crippen molar-refractivity contribution in [3.8, 4) is 0 Å². The fraction of sp³-hybridized carbons (Fsp3) is 0.111. The molecule has 3 aromatic rings. The molecule has 0 saturated carbocycles. The van der Waals surface area contributed by atoms with Gasteiger partial charge in [0, 0.05) is 16.0 Å². The first-order valence-electron chi connectivity index (χ1n) is 7.53. The number of halogens is 1. The maximum atomic E-state index is 12.6. The molecule has 0 aliphatic rings. The lowest BCUT2D eigenvalue weighted by molar-refractivity contribution is -0.151. The average Bonchev–Trinajstić information content (AvgIpc) is 2.66. The van der Waals surface area contributed by atoms with Gasteiger partial charge >= 0.3 is 11.9 Å². The number of esters is 2. The number of methoxy groups -OCH3 is 1. The molecule has 1 N–H and O–H groups in total. The normalized spacial score (nSPS) is 11.8. The number of fused-ring (bicyclic) bond motifs is 1. The van der Waals surface area contributed by atoms with Crippen LogP contribution in [0.25, 0.3) is 10.8 Å². The zero-order valence-corrected chi connectivity index (χ0v) is 14.3. The van der Waals surface area contributed by atoms with E-state index in [2.05, 4.69) is 10.2 Å². The third-order valence-electron chi connectivity index (χ3n) is 3.72. The van der Waals surface area contributed by atoms with Gasteiger partial charge in [-0.15, -0.1) is 0 Å². The third-order valence-corrected chi connectivity index (χ3v) is 4.06. The summed E-state index contributed by atoms with van der Waals surface area (Å²) in [6, 6.07) is 12.9. The number of hydrogen-bond donors (Lipinski definition) is 1.